The van der Waals surface area contributed by atoms with E-state index in [1.165, 1.54) is 23.9 Å². The first-order chi connectivity index (χ1) is 15.1. The Labute approximate surface area is 187 Å². The van der Waals surface area contributed by atoms with E-state index in [1.54, 1.807) is 19.2 Å². The van der Waals surface area contributed by atoms with E-state index < -0.39 is 5.63 Å². The van der Waals surface area contributed by atoms with Crippen LogP contribution in [0.4, 0.5) is 0 Å². The fourth-order valence-corrected chi connectivity index (χ4v) is 4.46. The zero-order valence-electron chi connectivity index (χ0n) is 16.7. The lowest BCUT2D eigenvalue weighted by Gasteiger charge is -2.11. The number of phenols is 1. The monoisotopic (exact) mass is 457 g/mol. The van der Waals surface area contributed by atoms with Gasteiger partial charge in [-0.3, -0.25) is 0 Å². The molecule has 0 unspecified atom stereocenters. The van der Waals surface area contributed by atoms with E-state index in [-0.39, 0.29) is 5.75 Å². The number of nitrogens with zero attached hydrogens (tertiary/aromatic N) is 3. The van der Waals surface area contributed by atoms with Crippen LogP contribution in [0, 0.1) is 0 Å². The summed E-state index contributed by atoms with van der Waals surface area (Å²) in [6.45, 7) is 1.27. The molecule has 0 atom stereocenters. The largest absolute Gasteiger partial charge is 0.508 e. The lowest BCUT2D eigenvalue weighted by molar-refractivity contribution is 0.189. The van der Waals surface area contributed by atoms with Gasteiger partial charge in [-0.05, 0) is 36.2 Å². The summed E-state index contributed by atoms with van der Waals surface area (Å²) in [5.41, 5.74) is 1.48. The van der Waals surface area contributed by atoms with E-state index >= 15 is 0 Å². The molecular weight excluding hydrogens is 438 g/mol. The molecule has 7 nitrogen and oxygen atoms in total. The predicted molar refractivity (Wildman–Crippen MR) is 121 cm³/mol. The second kappa shape index (κ2) is 9.55. The fraction of sp³-hybridized carbons (Fsp3) is 0.227. The molecule has 31 heavy (non-hydrogen) atoms. The molecule has 0 spiro atoms. The standard InChI is InChI=1S/C22H20ClN3O4S/c1-29-10-4-9-26-21(17-5-2-3-6-18(17)23)24-25-22(26)31-13-14-11-20(28)30-19-12-15(27)7-8-16(14)19/h2-3,5-8,11-12,27H,4,9-10,13H2,1H3. The molecule has 4 aromatic rings. The van der Waals surface area contributed by atoms with Crippen molar-refractivity contribution < 1.29 is 14.3 Å². The molecule has 0 saturated heterocycles. The van der Waals surface area contributed by atoms with Gasteiger partial charge in [0.15, 0.2) is 11.0 Å². The highest BCUT2D eigenvalue weighted by atomic mass is 35.5. The van der Waals surface area contributed by atoms with Crippen LogP contribution < -0.4 is 5.63 Å². The number of methoxy groups -OCH3 is 1. The minimum atomic E-state index is -0.466. The van der Waals surface area contributed by atoms with E-state index in [2.05, 4.69) is 10.2 Å². The van der Waals surface area contributed by atoms with Crippen molar-refractivity contribution in [1.29, 1.82) is 0 Å². The number of rotatable bonds is 8. The van der Waals surface area contributed by atoms with E-state index in [9.17, 15) is 9.90 Å². The van der Waals surface area contributed by atoms with Crippen LogP contribution in [0.2, 0.25) is 5.02 Å². The number of thioether (sulfide) groups is 1. The summed E-state index contributed by atoms with van der Waals surface area (Å²) >= 11 is 7.86. The van der Waals surface area contributed by atoms with Crippen LogP contribution in [-0.4, -0.2) is 33.6 Å². The number of phenolic OH excluding ortho intramolecular Hbond substituents is 1. The Balaban J connectivity index is 1.67. The highest BCUT2D eigenvalue weighted by Crippen LogP contribution is 2.32. The van der Waals surface area contributed by atoms with Gasteiger partial charge in [-0.1, -0.05) is 35.5 Å². The second-order valence-corrected chi connectivity index (χ2v) is 8.19. The molecule has 2 heterocycles. The Morgan fingerprint density at radius 1 is 1.19 bits per heavy atom. The second-order valence-electron chi connectivity index (χ2n) is 6.84. The minimum Gasteiger partial charge on any atom is -0.508 e. The average molecular weight is 458 g/mol. The molecule has 0 aliphatic rings. The number of hydrogen-bond donors (Lipinski definition) is 1. The molecular formula is C22H20ClN3O4S. The fourth-order valence-electron chi connectivity index (χ4n) is 3.29. The van der Waals surface area contributed by atoms with Crippen molar-refractivity contribution in [2.45, 2.75) is 23.9 Å². The highest BCUT2D eigenvalue weighted by molar-refractivity contribution is 7.98. The Morgan fingerprint density at radius 3 is 2.84 bits per heavy atom. The van der Waals surface area contributed by atoms with Crippen molar-refractivity contribution in [3.8, 4) is 17.1 Å². The Hall–Kier alpha value is -2.81. The van der Waals surface area contributed by atoms with Crippen molar-refractivity contribution in [1.82, 2.24) is 14.8 Å². The Morgan fingerprint density at radius 2 is 2.03 bits per heavy atom. The zero-order valence-corrected chi connectivity index (χ0v) is 18.3. The van der Waals surface area contributed by atoms with E-state index in [0.717, 1.165) is 22.9 Å². The van der Waals surface area contributed by atoms with Gasteiger partial charge in [-0.15, -0.1) is 10.2 Å². The molecule has 0 amide bonds. The van der Waals surface area contributed by atoms with Crippen LogP contribution in [0.5, 0.6) is 5.75 Å². The summed E-state index contributed by atoms with van der Waals surface area (Å²) in [6.07, 6.45) is 0.788. The molecule has 0 saturated carbocycles. The smallest absolute Gasteiger partial charge is 0.336 e. The number of aromatic nitrogens is 3. The van der Waals surface area contributed by atoms with Crippen LogP contribution in [0.3, 0.4) is 0 Å². The van der Waals surface area contributed by atoms with Crippen LogP contribution in [0.1, 0.15) is 12.0 Å². The summed E-state index contributed by atoms with van der Waals surface area (Å²) in [4.78, 5) is 12.0. The third kappa shape index (κ3) is 4.76. The molecule has 0 bridgehead atoms. The zero-order chi connectivity index (χ0) is 21.8. The summed E-state index contributed by atoms with van der Waals surface area (Å²) < 4.78 is 12.4. The molecule has 0 radical (unpaired) electrons. The summed E-state index contributed by atoms with van der Waals surface area (Å²) in [6, 6.07) is 13.7. The lowest BCUT2D eigenvalue weighted by atomic mass is 10.1. The van der Waals surface area contributed by atoms with Crippen molar-refractivity contribution >= 4 is 34.3 Å². The van der Waals surface area contributed by atoms with Crippen LogP contribution in [0.15, 0.2) is 62.9 Å². The third-order valence-corrected chi connectivity index (χ3v) is 6.08. The van der Waals surface area contributed by atoms with Gasteiger partial charge in [-0.2, -0.15) is 0 Å². The molecule has 160 valence electrons. The number of benzene rings is 2. The van der Waals surface area contributed by atoms with Gasteiger partial charge in [0.25, 0.3) is 0 Å². The van der Waals surface area contributed by atoms with Gasteiger partial charge in [-0.25, -0.2) is 4.79 Å². The quantitative estimate of drug-likeness (QED) is 0.232. The molecule has 2 aromatic heterocycles. The van der Waals surface area contributed by atoms with Crippen LogP contribution in [-0.2, 0) is 17.0 Å². The first-order valence-electron chi connectivity index (χ1n) is 9.62. The third-order valence-electron chi connectivity index (χ3n) is 4.73. The van der Waals surface area contributed by atoms with Crippen molar-refractivity contribution in [2.75, 3.05) is 13.7 Å². The number of fused-ring (bicyclic) bond motifs is 1. The molecule has 0 fully saturated rings. The van der Waals surface area contributed by atoms with E-state index in [0.29, 0.717) is 40.5 Å². The predicted octanol–water partition coefficient (Wildman–Crippen LogP) is 4.74. The van der Waals surface area contributed by atoms with Gasteiger partial charge in [0, 0.05) is 49.1 Å². The Kier molecular flexibility index (Phi) is 6.60. The van der Waals surface area contributed by atoms with Gasteiger partial charge in [0.1, 0.15) is 11.3 Å². The molecule has 1 N–H and O–H groups in total. The number of ether oxygens (including phenoxy) is 1. The van der Waals surface area contributed by atoms with Gasteiger partial charge in [0.2, 0.25) is 0 Å². The molecule has 4 rings (SSSR count). The summed E-state index contributed by atoms with van der Waals surface area (Å²) in [5.74, 6) is 1.21. The lowest BCUT2D eigenvalue weighted by Crippen LogP contribution is -2.06. The maximum absolute atomic E-state index is 12.0. The van der Waals surface area contributed by atoms with Crippen LogP contribution >= 0.6 is 23.4 Å². The molecule has 0 aliphatic carbocycles. The molecule has 9 heteroatoms. The number of halogens is 1. The first-order valence-corrected chi connectivity index (χ1v) is 11.0. The molecule has 0 aliphatic heterocycles. The van der Waals surface area contributed by atoms with Crippen LogP contribution in [0.25, 0.3) is 22.4 Å². The van der Waals surface area contributed by atoms with Gasteiger partial charge < -0.3 is 18.8 Å². The summed E-state index contributed by atoms with van der Waals surface area (Å²) in [5, 5.41) is 20.5. The maximum Gasteiger partial charge on any atom is 0.336 e. The normalized spacial score (nSPS) is 11.3. The average Bonchev–Trinajstić information content (AvgIpc) is 3.14. The van der Waals surface area contributed by atoms with Gasteiger partial charge in [0.05, 0.1) is 5.02 Å². The van der Waals surface area contributed by atoms with Crippen molar-refractivity contribution in [2.24, 2.45) is 0 Å². The summed E-state index contributed by atoms with van der Waals surface area (Å²) in [7, 11) is 1.67. The van der Waals surface area contributed by atoms with Crippen molar-refractivity contribution in [3.05, 3.63) is 69.5 Å². The topological polar surface area (TPSA) is 90.4 Å². The van der Waals surface area contributed by atoms with Crippen molar-refractivity contribution in [3.63, 3.8) is 0 Å². The van der Waals surface area contributed by atoms with E-state index in [4.69, 9.17) is 20.8 Å². The molecule has 2 aromatic carbocycles. The number of hydrogen-bond acceptors (Lipinski definition) is 7. The SMILES string of the molecule is COCCCn1c(SCc2cc(=O)oc3cc(O)ccc23)nnc1-c1ccccc1Cl. The highest BCUT2D eigenvalue weighted by Gasteiger charge is 2.17. The minimum absolute atomic E-state index is 0.0442. The number of aromatic hydroxyl groups is 1. The first kappa shape index (κ1) is 21.4. The Bertz CT molecular complexity index is 1270. The maximum atomic E-state index is 12.0. The van der Waals surface area contributed by atoms with Gasteiger partial charge >= 0.3 is 5.63 Å². The van der Waals surface area contributed by atoms with E-state index in [1.807, 2.05) is 28.8 Å².